The van der Waals surface area contributed by atoms with Crippen LogP contribution in [0.5, 0.6) is 0 Å². The molecule has 0 spiro atoms. The highest BCUT2D eigenvalue weighted by Gasteiger charge is 2.32. The molecular formula is C16H25NO2S. The number of hydrogen-bond donors (Lipinski definition) is 0. The molecule has 0 radical (unpaired) electrons. The fraction of sp³-hybridized carbons (Fsp3) is 0.625. The van der Waals surface area contributed by atoms with Gasteiger partial charge in [-0.1, -0.05) is 39.3 Å². The summed E-state index contributed by atoms with van der Waals surface area (Å²) in [6, 6.07) is 7.54. The Morgan fingerprint density at radius 1 is 1.20 bits per heavy atom. The molecule has 0 saturated carbocycles. The summed E-state index contributed by atoms with van der Waals surface area (Å²) >= 11 is 0. The van der Waals surface area contributed by atoms with E-state index in [-0.39, 0.29) is 6.04 Å². The van der Waals surface area contributed by atoms with E-state index in [0.717, 1.165) is 25.7 Å². The second-order valence-corrected chi connectivity index (χ2v) is 7.79. The van der Waals surface area contributed by atoms with E-state index in [1.165, 1.54) is 5.56 Å². The average Bonchev–Trinajstić information content (AvgIpc) is 2.47. The van der Waals surface area contributed by atoms with Crippen LogP contribution in [0.1, 0.15) is 57.9 Å². The molecule has 0 N–H and O–H groups in total. The fourth-order valence-corrected chi connectivity index (χ4v) is 4.63. The summed E-state index contributed by atoms with van der Waals surface area (Å²) in [7, 11) is -3.33. The number of hydrogen-bond acceptors (Lipinski definition) is 2. The lowest BCUT2D eigenvalue weighted by molar-refractivity contribution is 0.246. The first-order chi connectivity index (χ1) is 9.46. The van der Waals surface area contributed by atoms with Gasteiger partial charge in [-0.05, 0) is 42.9 Å². The summed E-state index contributed by atoms with van der Waals surface area (Å²) in [5.41, 5.74) is 1.18. The van der Waals surface area contributed by atoms with Crippen molar-refractivity contribution in [1.29, 1.82) is 0 Å². The zero-order valence-corrected chi connectivity index (χ0v) is 13.5. The number of benzene rings is 1. The highest BCUT2D eigenvalue weighted by molar-refractivity contribution is 7.89. The van der Waals surface area contributed by atoms with E-state index in [9.17, 15) is 8.42 Å². The summed E-state index contributed by atoms with van der Waals surface area (Å²) < 4.78 is 27.2. The van der Waals surface area contributed by atoms with Gasteiger partial charge in [-0.2, -0.15) is 4.31 Å². The molecule has 1 aliphatic heterocycles. The van der Waals surface area contributed by atoms with Crippen molar-refractivity contribution in [2.45, 2.75) is 63.3 Å². The average molecular weight is 295 g/mol. The molecule has 1 heterocycles. The van der Waals surface area contributed by atoms with Gasteiger partial charge in [-0.25, -0.2) is 8.42 Å². The second kappa shape index (κ2) is 6.27. The van der Waals surface area contributed by atoms with Gasteiger partial charge in [0.1, 0.15) is 0 Å². The van der Waals surface area contributed by atoms with Crippen LogP contribution >= 0.6 is 0 Å². The molecule has 20 heavy (non-hydrogen) atoms. The van der Waals surface area contributed by atoms with Gasteiger partial charge in [-0.3, -0.25) is 0 Å². The van der Waals surface area contributed by atoms with Crippen LogP contribution in [-0.2, 0) is 10.0 Å². The number of rotatable bonds is 4. The largest absolute Gasteiger partial charge is 0.243 e. The second-order valence-electron chi connectivity index (χ2n) is 5.90. The molecule has 1 atom stereocenters. The Balaban J connectivity index is 2.29. The van der Waals surface area contributed by atoms with E-state index in [4.69, 9.17) is 0 Å². The topological polar surface area (TPSA) is 37.4 Å². The highest BCUT2D eigenvalue weighted by atomic mass is 32.2. The van der Waals surface area contributed by atoms with Gasteiger partial charge >= 0.3 is 0 Å². The minimum atomic E-state index is -3.33. The molecule has 0 aliphatic carbocycles. The lowest BCUT2D eigenvalue weighted by Gasteiger charge is -2.34. The lowest BCUT2D eigenvalue weighted by Crippen LogP contribution is -2.43. The van der Waals surface area contributed by atoms with Crippen molar-refractivity contribution in [1.82, 2.24) is 4.31 Å². The SMILES string of the molecule is CC[C@@H]1CCCCN1S(=O)(=O)c1ccc(C(C)C)cc1. The van der Waals surface area contributed by atoms with Crippen LogP contribution in [0, 0.1) is 0 Å². The molecule has 1 aromatic rings. The molecular weight excluding hydrogens is 270 g/mol. The maximum absolute atomic E-state index is 12.8. The van der Waals surface area contributed by atoms with Crippen molar-refractivity contribution in [2.75, 3.05) is 6.54 Å². The van der Waals surface area contributed by atoms with E-state index >= 15 is 0 Å². The summed E-state index contributed by atoms with van der Waals surface area (Å²) in [5.74, 6) is 0.421. The van der Waals surface area contributed by atoms with E-state index in [2.05, 4.69) is 20.8 Å². The van der Waals surface area contributed by atoms with Crippen molar-refractivity contribution in [2.24, 2.45) is 0 Å². The zero-order valence-electron chi connectivity index (χ0n) is 12.7. The molecule has 0 bridgehead atoms. The molecule has 1 fully saturated rings. The van der Waals surface area contributed by atoms with Gasteiger partial charge in [0.05, 0.1) is 4.90 Å². The summed E-state index contributed by atoms with van der Waals surface area (Å²) in [4.78, 5) is 0.433. The molecule has 1 aliphatic rings. The molecule has 0 unspecified atom stereocenters. The smallest absolute Gasteiger partial charge is 0.207 e. The summed E-state index contributed by atoms with van der Waals surface area (Å²) in [5, 5.41) is 0. The van der Waals surface area contributed by atoms with E-state index in [0.29, 0.717) is 17.4 Å². The van der Waals surface area contributed by atoms with Gasteiger partial charge < -0.3 is 0 Å². The van der Waals surface area contributed by atoms with Gasteiger partial charge in [0, 0.05) is 12.6 Å². The van der Waals surface area contributed by atoms with Crippen LogP contribution in [0.15, 0.2) is 29.2 Å². The van der Waals surface area contributed by atoms with E-state index in [1.807, 2.05) is 12.1 Å². The van der Waals surface area contributed by atoms with Crippen molar-refractivity contribution in [3.63, 3.8) is 0 Å². The predicted octanol–water partition coefficient (Wildman–Crippen LogP) is 3.76. The first-order valence-electron chi connectivity index (χ1n) is 7.58. The van der Waals surface area contributed by atoms with Gasteiger partial charge in [0.25, 0.3) is 0 Å². The molecule has 112 valence electrons. The maximum Gasteiger partial charge on any atom is 0.243 e. The zero-order chi connectivity index (χ0) is 14.8. The Labute approximate surface area is 123 Å². The lowest BCUT2D eigenvalue weighted by atomic mass is 10.0. The molecule has 4 heteroatoms. The monoisotopic (exact) mass is 295 g/mol. The van der Waals surface area contributed by atoms with E-state index in [1.54, 1.807) is 16.4 Å². The Kier molecular flexibility index (Phi) is 4.86. The van der Waals surface area contributed by atoms with Crippen molar-refractivity contribution >= 4 is 10.0 Å². The maximum atomic E-state index is 12.8. The first-order valence-corrected chi connectivity index (χ1v) is 9.02. The molecule has 0 amide bonds. The number of piperidine rings is 1. The minimum absolute atomic E-state index is 0.165. The molecule has 3 nitrogen and oxygen atoms in total. The van der Waals surface area contributed by atoms with Crippen LogP contribution < -0.4 is 0 Å². The summed E-state index contributed by atoms with van der Waals surface area (Å²) in [6.07, 6.45) is 3.99. The number of sulfonamides is 1. The molecule has 1 aromatic carbocycles. The van der Waals surface area contributed by atoms with Crippen LogP contribution in [0.2, 0.25) is 0 Å². The van der Waals surface area contributed by atoms with Gasteiger partial charge in [-0.15, -0.1) is 0 Å². The summed E-state index contributed by atoms with van der Waals surface area (Å²) in [6.45, 7) is 6.95. The Morgan fingerprint density at radius 2 is 1.85 bits per heavy atom. The van der Waals surface area contributed by atoms with E-state index < -0.39 is 10.0 Å². The third-order valence-corrected chi connectivity index (χ3v) is 6.16. The quantitative estimate of drug-likeness (QED) is 0.848. The Hall–Kier alpha value is -0.870. The molecule has 0 aromatic heterocycles. The van der Waals surface area contributed by atoms with Crippen LogP contribution in [-0.4, -0.2) is 25.3 Å². The van der Waals surface area contributed by atoms with Gasteiger partial charge in [0.2, 0.25) is 10.0 Å². The minimum Gasteiger partial charge on any atom is -0.207 e. The fourth-order valence-electron chi connectivity index (χ4n) is 2.86. The van der Waals surface area contributed by atoms with Crippen LogP contribution in [0.25, 0.3) is 0 Å². The molecule has 2 rings (SSSR count). The Bertz CT molecular complexity index is 534. The van der Waals surface area contributed by atoms with Crippen molar-refractivity contribution in [3.8, 4) is 0 Å². The third-order valence-electron chi connectivity index (χ3n) is 4.20. The first kappa shape index (κ1) is 15.5. The van der Waals surface area contributed by atoms with Crippen molar-refractivity contribution in [3.05, 3.63) is 29.8 Å². The van der Waals surface area contributed by atoms with Crippen LogP contribution in [0.3, 0.4) is 0 Å². The highest BCUT2D eigenvalue weighted by Crippen LogP contribution is 2.27. The van der Waals surface area contributed by atoms with Gasteiger partial charge in [0.15, 0.2) is 0 Å². The normalized spacial score (nSPS) is 21.3. The third kappa shape index (κ3) is 3.07. The Morgan fingerprint density at radius 3 is 2.40 bits per heavy atom. The number of nitrogens with zero attached hydrogens (tertiary/aromatic N) is 1. The predicted molar refractivity (Wildman–Crippen MR) is 82.4 cm³/mol. The van der Waals surface area contributed by atoms with Crippen molar-refractivity contribution < 1.29 is 8.42 Å². The van der Waals surface area contributed by atoms with Crippen LogP contribution in [0.4, 0.5) is 0 Å². The standard InChI is InChI=1S/C16H25NO2S/c1-4-15-7-5-6-12-17(15)20(18,19)16-10-8-14(9-11-16)13(2)3/h8-11,13,15H,4-7,12H2,1-3H3/t15-/m1/s1. The molecule has 1 saturated heterocycles.